The summed E-state index contributed by atoms with van der Waals surface area (Å²) >= 11 is 9.32. The molecule has 2 aromatic rings. The van der Waals surface area contributed by atoms with Crippen molar-refractivity contribution in [3.8, 4) is 5.75 Å². The number of aromatic carboxylic acids is 1. The average Bonchev–Trinajstić information content (AvgIpc) is 2.46. The van der Waals surface area contributed by atoms with Gasteiger partial charge in [-0.3, -0.25) is 4.79 Å². The van der Waals surface area contributed by atoms with Crippen molar-refractivity contribution < 1.29 is 19.4 Å². The molecular formula is C15H10BrClO4. The number of aldehydes is 1. The molecule has 0 aliphatic heterocycles. The SMILES string of the molecule is O=Cc1ccc(OCc2ccc(C(=O)O)cc2Br)c(Cl)c1. The summed E-state index contributed by atoms with van der Waals surface area (Å²) in [6.45, 7) is 0.223. The number of carbonyl (C=O) groups excluding carboxylic acids is 1. The lowest BCUT2D eigenvalue weighted by molar-refractivity contribution is 0.0696. The van der Waals surface area contributed by atoms with E-state index in [9.17, 15) is 9.59 Å². The van der Waals surface area contributed by atoms with E-state index in [4.69, 9.17) is 21.4 Å². The molecule has 0 aromatic heterocycles. The zero-order valence-corrected chi connectivity index (χ0v) is 13.0. The second-order valence-electron chi connectivity index (χ2n) is 4.21. The van der Waals surface area contributed by atoms with Crippen LogP contribution < -0.4 is 4.74 Å². The molecule has 0 heterocycles. The van der Waals surface area contributed by atoms with Crippen LogP contribution in [0.4, 0.5) is 0 Å². The van der Waals surface area contributed by atoms with Crippen LogP contribution in [0.5, 0.6) is 5.75 Å². The highest BCUT2D eigenvalue weighted by Crippen LogP contribution is 2.27. The number of carboxylic acids is 1. The molecule has 0 fully saturated rings. The smallest absolute Gasteiger partial charge is 0.335 e. The van der Waals surface area contributed by atoms with Crippen LogP contribution in [0.2, 0.25) is 5.02 Å². The minimum absolute atomic E-state index is 0.194. The van der Waals surface area contributed by atoms with Gasteiger partial charge in [-0.15, -0.1) is 0 Å². The van der Waals surface area contributed by atoms with Crippen molar-refractivity contribution >= 4 is 39.8 Å². The van der Waals surface area contributed by atoms with Crippen molar-refractivity contribution in [3.63, 3.8) is 0 Å². The monoisotopic (exact) mass is 368 g/mol. The van der Waals surface area contributed by atoms with E-state index >= 15 is 0 Å². The van der Waals surface area contributed by atoms with E-state index in [0.29, 0.717) is 27.1 Å². The first kappa shape index (κ1) is 15.5. The molecule has 0 aliphatic rings. The Hall–Kier alpha value is -1.85. The van der Waals surface area contributed by atoms with Gasteiger partial charge < -0.3 is 9.84 Å². The summed E-state index contributed by atoms with van der Waals surface area (Å²) in [6.07, 6.45) is 0.705. The highest BCUT2D eigenvalue weighted by Gasteiger charge is 2.08. The molecule has 2 aromatic carbocycles. The van der Waals surface area contributed by atoms with Crippen molar-refractivity contribution in [2.75, 3.05) is 0 Å². The highest BCUT2D eigenvalue weighted by molar-refractivity contribution is 9.10. The number of hydrogen-bond donors (Lipinski definition) is 1. The maximum atomic E-state index is 10.9. The number of hydrogen-bond acceptors (Lipinski definition) is 3. The second kappa shape index (κ2) is 6.74. The standard InChI is InChI=1S/C15H10BrClO4/c16-12-6-10(15(19)20)2-3-11(12)8-21-14-4-1-9(7-18)5-13(14)17/h1-7H,8H2,(H,19,20). The number of carboxylic acid groups (broad SMARTS) is 1. The second-order valence-corrected chi connectivity index (χ2v) is 5.47. The Morgan fingerprint density at radius 1 is 1.29 bits per heavy atom. The zero-order valence-electron chi connectivity index (χ0n) is 10.7. The van der Waals surface area contributed by atoms with Gasteiger partial charge in [0.15, 0.2) is 0 Å². The number of rotatable bonds is 5. The van der Waals surface area contributed by atoms with Gasteiger partial charge in [0, 0.05) is 15.6 Å². The molecule has 0 saturated carbocycles. The molecule has 0 unspecified atom stereocenters. The van der Waals surface area contributed by atoms with E-state index in [1.54, 1.807) is 18.2 Å². The first-order chi connectivity index (χ1) is 10.0. The van der Waals surface area contributed by atoms with Crippen LogP contribution in [0.15, 0.2) is 40.9 Å². The van der Waals surface area contributed by atoms with Gasteiger partial charge in [-0.05, 0) is 30.3 Å². The number of halogens is 2. The van der Waals surface area contributed by atoms with E-state index < -0.39 is 5.97 Å². The molecular weight excluding hydrogens is 360 g/mol. The van der Waals surface area contributed by atoms with Crippen LogP contribution in [0.25, 0.3) is 0 Å². The molecule has 4 nitrogen and oxygen atoms in total. The molecule has 6 heteroatoms. The van der Waals surface area contributed by atoms with Gasteiger partial charge in [0.2, 0.25) is 0 Å². The van der Waals surface area contributed by atoms with Crippen molar-refractivity contribution in [1.29, 1.82) is 0 Å². The molecule has 2 rings (SSSR count). The first-order valence-corrected chi connectivity index (χ1v) is 7.07. The van der Waals surface area contributed by atoms with Crippen molar-refractivity contribution in [2.45, 2.75) is 6.61 Å². The Balaban J connectivity index is 2.13. The maximum absolute atomic E-state index is 10.9. The molecule has 0 spiro atoms. The number of ether oxygens (including phenoxy) is 1. The third-order valence-electron chi connectivity index (χ3n) is 2.78. The number of carbonyl (C=O) groups is 2. The highest BCUT2D eigenvalue weighted by atomic mass is 79.9. The van der Waals surface area contributed by atoms with E-state index in [-0.39, 0.29) is 12.2 Å². The summed E-state index contributed by atoms with van der Waals surface area (Å²) in [6, 6.07) is 9.43. The van der Waals surface area contributed by atoms with Crippen LogP contribution in [-0.2, 0) is 6.61 Å². The van der Waals surface area contributed by atoms with Gasteiger partial charge in [-0.1, -0.05) is 33.6 Å². The largest absolute Gasteiger partial charge is 0.487 e. The van der Waals surface area contributed by atoms with Gasteiger partial charge in [0.25, 0.3) is 0 Å². The Labute approximate surface area is 134 Å². The third kappa shape index (κ3) is 3.83. The summed E-state index contributed by atoms with van der Waals surface area (Å²) in [5, 5.41) is 9.24. The van der Waals surface area contributed by atoms with Crippen LogP contribution in [0.3, 0.4) is 0 Å². The predicted octanol–water partition coefficient (Wildman–Crippen LogP) is 4.19. The summed E-state index contributed by atoms with van der Waals surface area (Å²) < 4.78 is 6.22. The van der Waals surface area contributed by atoms with Gasteiger partial charge in [0.1, 0.15) is 18.6 Å². The van der Waals surface area contributed by atoms with Crippen LogP contribution in [0, 0.1) is 0 Å². The van der Waals surface area contributed by atoms with Gasteiger partial charge in [0.05, 0.1) is 10.6 Å². The molecule has 0 amide bonds. The number of benzene rings is 2. The average molecular weight is 370 g/mol. The Kier molecular flexibility index (Phi) is 4.98. The Bertz CT molecular complexity index is 700. The lowest BCUT2D eigenvalue weighted by atomic mass is 10.1. The molecule has 1 N–H and O–H groups in total. The van der Waals surface area contributed by atoms with Crippen LogP contribution in [0.1, 0.15) is 26.3 Å². The van der Waals surface area contributed by atoms with Crippen molar-refractivity contribution in [1.82, 2.24) is 0 Å². The molecule has 0 bridgehead atoms. The van der Waals surface area contributed by atoms with Gasteiger partial charge >= 0.3 is 5.97 Å². The minimum Gasteiger partial charge on any atom is -0.487 e. The van der Waals surface area contributed by atoms with E-state index in [1.165, 1.54) is 18.2 Å². The van der Waals surface area contributed by atoms with Crippen molar-refractivity contribution in [2.24, 2.45) is 0 Å². The summed E-state index contributed by atoms with van der Waals surface area (Å²) in [5.41, 5.74) is 1.45. The van der Waals surface area contributed by atoms with Crippen molar-refractivity contribution in [3.05, 3.63) is 62.6 Å². The van der Waals surface area contributed by atoms with E-state index in [0.717, 1.165) is 5.56 Å². The maximum Gasteiger partial charge on any atom is 0.335 e. The van der Waals surface area contributed by atoms with Gasteiger partial charge in [-0.25, -0.2) is 4.79 Å². The summed E-state index contributed by atoms with van der Waals surface area (Å²) in [7, 11) is 0. The minimum atomic E-state index is -0.990. The molecule has 0 atom stereocenters. The fourth-order valence-electron chi connectivity index (χ4n) is 1.66. The Morgan fingerprint density at radius 3 is 2.62 bits per heavy atom. The zero-order chi connectivity index (χ0) is 15.4. The predicted molar refractivity (Wildman–Crippen MR) is 82.3 cm³/mol. The Morgan fingerprint density at radius 2 is 2.05 bits per heavy atom. The van der Waals surface area contributed by atoms with Crippen LogP contribution >= 0.6 is 27.5 Å². The lowest BCUT2D eigenvalue weighted by Gasteiger charge is -2.10. The quantitative estimate of drug-likeness (QED) is 0.803. The summed E-state index contributed by atoms with van der Waals surface area (Å²) in [4.78, 5) is 21.5. The molecule has 0 saturated heterocycles. The molecule has 108 valence electrons. The van der Waals surface area contributed by atoms with Gasteiger partial charge in [-0.2, -0.15) is 0 Å². The van der Waals surface area contributed by atoms with E-state index in [1.807, 2.05) is 0 Å². The fraction of sp³-hybridized carbons (Fsp3) is 0.0667. The topological polar surface area (TPSA) is 63.6 Å². The third-order valence-corrected chi connectivity index (χ3v) is 3.81. The molecule has 0 radical (unpaired) electrons. The normalized spacial score (nSPS) is 10.2. The molecule has 21 heavy (non-hydrogen) atoms. The molecule has 0 aliphatic carbocycles. The van der Waals surface area contributed by atoms with E-state index in [2.05, 4.69) is 15.9 Å². The summed E-state index contributed by atoms with van der Waals surface area (Å²) in [5.74, 6) is -0.535. The lowest BCUT2D eigenvalue weighted by Crippen LogP contribution is -2.01. The van der Waals surface area contributed by atoms with Crippen LogP contribution in [-0.4, -0.2) is 17.4 Å². The first-order valence-electron chi connectivity index (χ1n) is 5.90. The fourth-order valence-corrected chi connectivity index (χ4v) is 2.40.